The predicted octanol–water partition coefficient (Wildman–Crippen LogP) is 14.0. The van der Waals surface area contributed by atoms with Gasteiger partial charge in [0.2, 0.25) is 0 Å². The monoisotopic (exact) mass is 845 g/mol. The average Bonchev–Trinajstić information content (AvgIpc) is 3.21. The molecule has 0 amide bonds. The molecule has 0 aliphatic carbocycles. The van der Waals surface area contributed by atoms with Crippen molar-refractivity contribution in [3.63, 3.8) is 0 Å². The normalized spacial score (nSPS) is 13.3. The van der Waals surface area contributed by atoms with Gasteiger partial charge < -0.3 is 23.8 Å². The molecule has 8 heteroatoms. The van der Waals surface area contributed by atoms with Gasteiger partial charge in [-0.2, -0.15) is 0 Å². The first-order chi connectivity index (χ1) is 29.1. The van der Waals surface area contributed by atoms with E-state index < -0.39 is 18.1 Å². The molecule has 1 N–H and O–H groups in total. The number of esters is 2. The Hall–Kier alpha value is -2.71. The minimum atomic E-state index is -0.878. The van der Waals surface area contributed by atoms with Crippen molar-refractivity contribution in [1.82, 2.24) is 0 Å². The van der Waals surface area contributed by atoms with Crippen LogP contribution in [-0.2, 0) is 28.6 Å². The molecule has 8 nitrogen and oxygen atoms in total. The second-order valence-electron chi connectivity index (χ2n) is 17.7. The van der Waals surface area contributed by atoms with Crippen molar-refractivity contribution in [3.05, 3.63) is 48.6 Å². The largest absolute Gasteiger partial charge is 0.477 e. The van der Waals surface area contributed by atoms with Gasteiger partial charge in [-0.05, 0) is 77.0 Å². The van der Waals surface area contributed by atoms with Gasteiger partial charge in [0, 0.05) is 19.3 Å². The van der Waals surface area contributed by atoms with Crippen LogP contribution in [0.2, 0.25) is 0 Å². The SMILES string of the molecule is CCCCC/C=C/C/C=C/C/C=C/CCCCCCCCCCCC(=O)OC(COCCC(C(=O)O)[N+](C)(C)C)COC(=O)CCCCC/C=C/CCCCCCCCC. The molecule has 0 rings (SSSR count). The molecule has 0 radical (unpaired) electrons. The maximum atomic E-state index is 12.8. The molecule has 0 heterocycles. The summed E-state index contributed by atoms with van der Waals surface area (Å²) in [7, 11) is 5.53. The summed E-state index contributed by atoms with van der Waals surface area (Å²) in [5, 5.41) is 9.64. The first-order valence-corrected chi connectivity index (χ1v) is 24.7. The van der Waals surface area contributed by atoms with Crippen molar-refractivity contribution in [2.24, 2.45) is 0 Å². The quantitative estimate of drug-likeness (QED) is 0.0282. The van der Waals surface area contributed by atoms with Gasteiger partial charge in [-0.25, -0.2) is 4.79 Å². The van der Waals surface area contributed by atoms with E-state index in [0.29, 0.717) is 19.3 Å². The highest BCUT2D eigenvalue weighted by Gasteiger charge is 2.31. The number of carboxylic acid groups (broad SMARTS) is 1. The van der Waals surface area contributed by atoms with Crippen LogP contribution >= 0.6 is 0 Å². The summed E-state index contributed by atoms with van der Waals surface area (Å²) in [6.45, 7) is 4.69. The molecule has 348 valence electrons. The van der Waals surface area contributed by atoms with Crippen LogP contribution in [0, 0.1) is 0 Å². The molecule has 0 aliphatic rings. The van der Waals surface area contributed by atoms with Crippen molar-refractivity contribution >= 4 is 17.9 Å². The van der Waals surface area contributed by atoms with Crippen molar-refractivity contribution in [3.8, 4) is 0 Å². The number of aliphatic carboxylic acids is 1. The third-order valence-corrected chi connectivity index (χ3v) is 11.0. The maximum absolute atomic E-state index is 12.8. The Morgan fingerprint density at radius 3 is 1.37 bits per heavy atom. The fourth-order valence-electron chi connectivity index (χ4n) is 7.09. The summed E-state index contributed by atoms with van der Waals surface area (Å²) < 4.78 is 17.3. The van der Waals surface area contributed by atoms with E-state index in [1.54, 1.807) is 0 Å². The fraction of sp³-hybridized carbons (Fsp3) is 0.788. The predicted molar refractivity (Wildman–Crippen MR) is 252 cm³/mol. The zero-order valence-corrected chi connectivity index (χ0v) is 39.7. The molecule has 2 unspecified atom stereocenters. The second kappa shape index (κ2) is 43.0. The van der Waals surface area contributed by atoms with E-state index in [2.05, 4.69) is 62.5 Å². The summed E-state index contributed by atoms with van der Waals surface area (Å²) in [5.74, 6) is -1.49. The molecule has 0 saturated carbocycles. The third kappa shape index (κ3) is 40.7. The minimum Gasteiger partial charge on any atom is -0.477 e. The Morgan fingerprint density at radius 1 is 0.500 bits per heavy atom. The van der Waals surface area contributed by atoms with Crippen molar-refractivity contribution in [2.75, 3.05) is 41.0 Å². The van der Waals surface area contributed by atoms with Crippen LogP contribution in [0.3, 0.4) is 0 Å². The van der Waals surface area contributed by atoms with Crippen molar-refractivity contribution in [2.45, 2.75) is 225 Å². The number of hydrogen-bond donors (Lipinski definition) is 1. The number of unbranched alkanes of at least 4 members (excludes halogenated alkanes) is 22. The Balaban J connectivity index is 4.28. The van der Waals surface area contributed by atoms with Gasteiger partial charge >= 0.3 is 17.9 Å². The maximum Gasteiger partial charge on any atom is 0.362 e. The van der Waals surface area contributed by atoms with E-state index in [1.807, 2.05) is 21.1 Å². The summed E-state index contributed by atoms with van der Waals surface area (Å²) in [6, 6.07) is -0.618. The van der Waals surface area contributed by atoms with Crippen LogP contribution in [0.25, 0.3) is 0 Å². The lowest BCUT2D eigenvalue weighted by Gasteiger charge is -2.31. The van der Waals surface area contributed by atoms with Gasteiger partial charge in [-0.1, -0.05) is 165 Å². The van der Waals surface area contributed by atoms with Crippen LogP contribution in [0.4, 0.5) is 0 Å². The van der Waals surface area contributed by atoms with Gasteiger partial charge in [0.25, 0.3) is 0 Å². The van der Waals surface area contributed by atoms with Gasteiger partial charge in [0.05, 0.1) is 34.4 Å². The van der Waals surface area contributed by atoms with Crippen molar-refractivity contribution in [1.29, 1.82) is 0 Å². The standard InChI is InChI=1S/C52H93NO7/c1-6-8-10-12-14-16-18-20-22-23-24-25-26-27-28-29-31-33-35-37-39-41-43-51(55)60-48(46-58-45-44-49(52(56)57)53(3,4)5)47-59-50(54)42-40-38-36-34-32-30-21-19-17-15-13-11-9-7-2/h14,16,20,22,24-25,30,32,48-49H,6-13,15,17-19,21,23,26-29,31,33-47H2,1-5H3/p+1/b16-14+,22-20+,25-24+,32-30+. The summed E-state index contributed by atoms with van der Waals surface area (Å²) >= 11 is 0. The first kappa shape index (κ1) is 57.3. The molecule has 0 fully saturated rings. The number of nitrogens with zero attached hydrogens (tertiary/aromatic N) is 1. The van der Waals surface area contributed by atoms with Crippen molar-refractivity contribution < 1.29 is 38.2 Å². The van der Waals surface area contributed by atoms with Crippen LogP contribution in [-0.4, -0.2) is 80.6 Å². The Morgan fingerprint density at radius 2 is 0.883 bits per heavy atom. The Kier molecular flexibility index (Phi) is 41.0. The third-order valence-electron chi connectivity index (χ3n) is 11.0. The molecule has 0 aromatic rings. The van der Waals surface area contributed by atoms with Crippen LogP contribution in [0.1, 0.15) is 213 Å². The summed E-state index contributed by atoms with van der Waals surface area (Å²) in [5.41, 5.74) is 0. The lowest BCUT2D eigenvalue weighted by atomic mass is 10.1. The van der Waals surface area contributed by atoms with E-state index in [4.69, 9.17) is 14.2 Å². The molecule has 60 heavy (non-hydrogen) atoms. The minimum absolute atomic E-state index is 0.0543. The number of rotatable bonds is 44. The number of carboxylic acids is 1. The van der Waals surface area contributed by atoms with E-state index in [-0.39, 0.29) is 36.2 Å². The van der Waals surface area contributed by atoms with Crippen LogP contribution in [0.5, 0.6) is 0 Å². The Bertz CT molecular complexity index is 1120. The topological polar surface area (TPSA) is 99.1 Å². The lowest BCUT2D eigenvalue weighted by molar-refractivity contribution is -0.887. The van der Waals surface area contributed by atoms with E-state index in [1.165, 1.54) is 109 Å². The van der Waals surface area contributed by atoms with Gasteiger partial charge in [0.1, 0.15) is 6.61 Å². The zero-order valence-electron chi connectivity index (χ0n) is 39.7. The van der Waals surface area contributed by atoms with E-state index in [9.17, 15) is 19.5 Å². The smallest absolute Gasteiger partial charge is 0.362 e. The van der Waals surface area contributed by atoms with Gasteiger partial charge in [-0.15, -0.1) is 0 Å². The molecular formula is C52H94NO7+. The fourth-order valence-corrected chi connectivity index (χ4v) is 7.09. The molecule has 0 saturated heterocycles. The van der Waals surface area contributed by atoms with E-state index >= 15 is 0 Å². The van der Waals surface area contributed by atoms with Gasteiger partial charge in [0.15, 0.2) is 12.1 Å². The number of carbonyl (C=O) groups is 3. The summed E-state index contributed by atoms with van der Waals surface area (Å²) in [6.07, 6.45) is 51.5. The first-order valence-electron chi connectivity index (χ1n) is 24.7. The average molecular weight is 845 g/mol. The zero-order chi connectivity index (χ0) is 44.2. The van der Waals surface area contributed by atoms with Gasteiger partial charge in [-0.3, -0.25) is 9.59 Å². The highest BCUT2D eigenvalue weighted by molar-refractivity contribution is 5.72. The lowest BCUT2D eigenvalue weighted by Crippen LogP contribution is -2.50. The molecule has 2 atom stereocenters. The highest BCUT2D eigenvalue weighted by Crippen LogP contribution is 2.14. The molecular weight excluding hydrogens is 751 g/mol. The number of allylic oxidation sites excluding steroid dienone is 8. The Labute approximate surface area is 369 Å². The van der Waals surface area contributed by atoms with Crippen LogP contribution < -0.4 is 0 Å². The second-order valence-corrected chi connectivity index (χ2v) is 17.7. The number of carbonyl (C=O) groups excluding carboxylic acids is 2. The number of hydrogen-bond acceptors (Lipinski definition) is 6. The highest BCUT2D eigenvalue weighted by atomic mass is 16.6. The van der Waals surface area contributed by atoms with E-state index in [0.717, 1.165) is 70.6 Å². The molecule has 0 spiro atoms. The number of likely N-dealkylation sites (N-methyl/N-ethyl adjacent to an activating group) is 1. The summed E-state index contributed by atoms with van der Waals surface area (Å²) in [4.78, 5) is 37.1. The number of ether oxygens (including phenoxy) is 3. The molecule has 0 aromatic carbocycles. The van der Waals surface area contributed by atoms with Crippen LogP contribution in [0.15, 0.2) is 48.6 Å². The molecule has 0 aliphatic heterocycles. The molecule has 0 bridgehead atoms. The number of quaternary nitrogens is 1. The molecule has 0 aromatic heterocycles.